The van der Waals surface area contributed by atoms with Crippen LogP contribution in [0.5, 0.6) is 0 Å². The van der Waals surface area contributed by atoms with Gasteiger partial charge in [-0.15, -0.1) is 0 Å². The van der Waals surface area contributed by atoms with E-state index in [0.717, 1.165) is 5.69 Å². The molecule has 2 heterocycles. The summed E-state index contributed by atoms with van der Waals surface area (Å²) >= 11 is 0. The summed E-state index contributed by atoms with van der Waals surface area (Å²) in [7, 11) is 0. The molecule has 0 aliphatic rings. The fraction of sp³-hybridized carbons (Fsp3) is 0.308. The predicted octanol–water partition coefficient (Wildman–Crippen LogP) is 1.57. The molecular weight excluding hydrogens is 232 g/mol. The van der Waals surface area contributed by atoms with Gasteiger partial charge < -0.3 is 4.74 Å². The van der Waals surface area contributed by atoms with E-state index in [9.17, 15) is 9.59 Å². The van der Waals surface area contributed by atoms with Crippen molar-refractivity contribution in [1.29, 1.82) is 0 Å². The molecule has 0 N–H and O–H groups in total. The van der Waals surface area contributed by atoms with Gasteiger partial charge in [0.25, 0.3) is 5.56 Å². The Morgan fingerprint density at radius 1 is 1.44 bits per heavy atom. The van der Waals surface area contributed by atoms with Crippen LogP contribution in [0.4, 0.5) is 0 Å². The van der Waals surface area contributed by atoms with Crippen LogP contribution in [0.2, 0.25) is 0 Å². The van der Waals surface area contributed by atoms with E-state index in [1.165, 1.54) is 10.6 Å². The van der Waals surface area contributed by atoms with Gasteiger partial charge in [-0.25, -0.2) is 9.78 Å². The number of pyridine rings is 1. The molecule has 0 spiro atoms. The fourth-order valence-corrected chi connectivity index (χ4v) is 1.69. The number of carbonyl (C=O) groups excluding carboxylic acids is 1. The number of rotatable bonds is 3. The van der Waals surface area contributed by atoms with E-state index >= 15 is 0 Å². The predicted molar refractivity (Wildman–Crippen MR) is 66.8 cm³/mol. The molecule has 2 aromatic heterocycles. The molecule has 0 fully saturated rings. The first-order chi connectivity index (χ1) is 8.65. The number of aromatic nitrogens is 2. The topological polar surface area (TPSA) is 60.7 Å². The van der Waals surface area contributed by atoms with Crippen molar-refractivity contribution in [1.82, 2.24) is 9.38 Å². The number of nitrogens with zero attached hydrogens (tertiary/aromatic N) is 2. The SMILES string of the molecule is CCCOC(=O)c1cnc2cccc(C)n2c1=O. The molecule has 0 saturated carbocycles. The Bertz CT molecular complexity index is 646. The molecule has 0 amide bonds. The average Bonchev–Trinajstić information content (AvgIpc) is 2.36. The van der Waals surface area contributed by atoms with Crippen LogP contribution in [0.15, 0.2) is 29.2 Å². The Hall–Kier alpha value is -2.17. The number of hydrogen-bond acceptors (Lipinski definition) is 4. The smallest absolute Gasteiger partial charge is 0.345 e. The molecule has 0 aromatic carbocycles. The van der Waals surface area contributed by atoms with Crippen LogP contribution in [0.1, 0.15) is 29.4 Å². The largest absolute Gasteiger partial charge is 0.462 e. The summed E-state index contributed by atoms with van der Waals surface area (Å²) in [6.07, 6.45) is 1.99. The van der Waals surface area contributed by atoms with Gasteiger partial charge in [0.15, 0.2) is 0 Å². The van der Waals surface area contributed by atoms with E-state index in [1.54, 1.807) is 19.1 Å². The molecule has 0 aliphatic heterocycles. The van der Waals surface area contributed by atoms with Crippen molar-refractivity contribution < 1.29 is 9.53 Å². The van der Waals surface area contributed by atoms with E-state index < -0.39 is 5.97 Å². The summed E-state index contributed by atoms with van der Waals surface area (Å²) in [4.78, 5) is 28.0. The maximum absolute atomic E-state index is 12.2. The lowest BCUT2D eigenvalue weighted by atomic mass is 10.3. The number of aryl methyl sites for hydroxylation is 1. The average molecular weight is 246 g/mol. The molecule has 94 valence electrons. The van der Waals surface area contributed by atoms with Gasteiger partial charge in [-0.05, 0) is 25.5 Å². The molecule has 0 bridgehead atoms. The van der Waals surface area contributed by atoms with Crippen LogP contribution in [0, 0.1) is 6.92 Å². The minimum absolute atomic E-state index is 0.0322. The Labute approximate surface area is 104 Å². The first kappa shape index (κ1) is 12.3. The zero-order valence-corrected chi connectivity index (χ0v) is 10.3. The quantitative estimate of drug-likeness (QED) is 0.771. The Morgan fingerprint density at radius 3 is 2.94 bits per heavy atom. The van der Waals surface area contributed by atoms with Crippen LogP contribution in [-0.2, 0) is 4.74 Å². The Kier molecular flexibility index (Phi) is 3.41. The van der Waals surface area contributed by atoms with Gasteiger partial charge in [-0.2, -0.15) is 0 Å². The highest BCUT2D eigenvalue weighted by Gasteiger charge is 2.14. The van der Waals surface area contributed by atoms with Crippen molar-refractivity contribution in [2.75, 3.05) is 6.61 Å². The van der Waals surface area contributed by atoms with Crippen LogP contribution >= 0.6 is 0 Å². The zero-order chi connectivity index (χ0) is 13.1. The molecular formula is C13H14N2O3. The number of esters is 1. The van der Waals surface area contributed by atoms with E-state index in [1.807, 2.05) is 13.0 Å². The first-order valence-electron chi connectivity index (χ1n) is 5.79. The first-order valence-corrected chi connectivity index (χ1v) is 5.79. The standard InChI is InChI=1S/C13H14N2O3/c1-3-7-18-13(17)10-8-14-11-6-4-5-9(2)15(11)12(10)16/h4-6,8H,3,7H2,1-2H3. The monoisotopic (exact) mass is 246 g/mol. The minimum atomic E-state index is -0.619. The van der Waals surface area contributed by atoms with Gasteiger partial charge in [0.05, 0.1) is 6.61 Å². The summed E-state index contributed by atoms with van der Waals surface area (Å²) in [5.41, 5.74) is 0.830. The van der Waals surface area contributed by atoms with Crippen molar-refractivity contribution in [3.63, 3.8) is 0 Å². The van der Waals surface area contributed by atoms with E-state index in [-0.39, 0.29) is 11.1 Å². The van der Waals surface area contributed by atoms with Crippen LogP contribution < -0.4 is 5.56 Å². The van der Waals surface area contributed by atoms with E-state index in [2.05, 4.69) is 4.98 Å². The fourth-order valence-electron chi connectivity index (χ4n) is 1.69. The van der Waals surface area contributed by atoms with E-state index in [4.69, 9.17) is 4.74 Å². The van der Waals surface area contributed by atoms with Gasteiger partial charge in [0.2, 0.25) is 0 Å². The molecule has 0 radical (unpaired) electrons. The molecule has 2 rings (SSSR count). The van der Waals surface area contributed by atoms with Crippen LogP contribution in [0.3, 0.4) is 0 Å². The van der Waals surface area contributed by atoms with Gasteiger partial charge >= 0.3 is 5.97 Å². The molecule has 5 nitrogen and oxygen atoms in total. The summed E-state index contributed by atoms with van der Waals surface area (Å²) in [5, 5.41) is 0. The van der Waals surface area contributed by atoms with Crippen LogP contribution in [-0.4, -0.2) is 22.0 Å². The summed E-state index contributed by atoms with van der Waals surface area (Å²) in [6, 6.07) is 5.32. The highest BCUT2D eigenvalue weighted by Crippen LogP contribution is 2.03. The molecule has 0 aliphatic carbocycles. The Morgan fingerprint density at radius 2 is 2.22 bits per heavy atom. The Balaban J connectivity index is 2.54. The van der Waals surface area contributed by atoms with Crippen LogP contribution in [0.25, 0.3) is 5.65 Å². The minimum Gasteiger partial charge on any atom is -0.462 e. The molecule has 0 unspecified atom stereocenters. The lowest BCUT2D eigenvalue weighted by Gasteiger charge is -2.06. The molecule has 0 saturated heterocycles. The number of carbonyl (C=O) groups is 1. The number of fused-ring (bicyclic) bond motifs is 1. The van der Waals surface area contributed by atoms with Gasteiger partial charge in [-0.1, -0.05) is 13.0 Å². The van der Waals surface area contributed by atoms with Gasteiger partial charge in [-0.3, -0.25) is 9.20 Å². The second kappa shape index (κ2) is 5.00. The number of ether oxygens (including phenoxy) is 1. The highest BCUT2D eigenvalue weighted by atomic mass is 16.5. The van der Waals surface area contributed by atoms with Crippen molar-refractivity contribution in [3.05, 3.63) is 46.0 Å². The number of hydrogen-bond donors (Lipinski definition) is 0. The summed E-state index contributed by atoms with van der Waals surface area (Å²) in [6.45, 7) is 3.98. The molecule has 5 heteroatoms. The maximum Gasteiger partial charge on any atom is 0.345 e. The van der Waals surface area contributed by atoms with Gasteiger partial charge in [0, 0.05) is 11.9 Å². The zero-order valence-electron chi connectivity index (χ0n) is 10.3. The van der Waals surface area contributed by atoms with Crippen molar-refractivity contribution in [2.45, 2.75) is 20.3 Å². The highest BCUT2D eigenvalue weighted by molar-refractivity contribution is 5.88. The van der Waals surface area contributed by atoms with Crippen molar-refractivity contribution >= 4 is 11.6 Å². The third kappa shape index (κ3) is 2.11. The molecule has 0 atom stereocenters. The van der Waals surface area contributed by atoms with Crippen molar-refractivity contribution in [3.8, 4) is 0 Å². The normalized spacial score (nSPS) is 10.6. The van der Waals surface area contributed by atoms with Gasteiger partial charge in [0.1, 0.15) is 11.2 Å². The second-order valence-electron chi connectivity index (χ2n) is 3.97. The lowest BCUT2D eigenvalue weighted by molar-refractivity contribution is 0.0502. The molecule has 18 heavy (non-hydrogen) atoms. The van der Waals surface area contributed by atoms with E-state index in [0.29, 0.717) is 18.7 Å². The lowest BCUT2D eigenvalue weighted by Crippen LogP contribution is -2.25. The van der Waals surface area contributed by atoms with Crippen molar-refractivity contribution in [2.24, 2.45) is 0 Å². The third-order valence-corrected chi connectivity index (χ3v) is 2.58. The summed E-state index contributed by atoms with van der Waals surface area (Å²) < 4.78 is 6.36. The second-order valence-corrected chi connectivity index (χ2v) is 3.97. The maximum atomic E-state index is 12.2. The third-order valence-electron chi connectivity index (χ3n) is 2.58. The molecule has 2 aromatic rings. The summed E-state index contributed by atoms with van der Waals surface area (Å²) in [5.74, 6) is -0.619.